The first-order chi connectivity index (χ1) is 10.6. The number of hydrogen-bond donors (Lipinski definition) is 2. The van der Waals surface area contributed by atoms with E-state index in [0.29, 0.717) is 25.3 Å². The second-order valence-corrected chi connectivity index (χ2v) is 6.42. The maximum Gasteiger partial charge on any atom is 0.270 e. The van der Waals surface area contributed by atoms with E-state index in [-0.39, 0.29) is 11.8 Å². The summed E-state index contributed by atoms with van der Waals surface area (Å²) in [7, 11) is 0. The molecule has 0 radical (unpaired) electrons. The fraction of sp³-hybridized carbons (Fsp3) is 0.600. The zero-order valence-electron chi connectivity index (χ0n) is 12.9. The van der Waals surface area contributed by atoms with Gasteiger partial charge in [0.05, 0.1) is 6.54 Å². The number of rotatable bonds is 6. The smallest absolute Gasteiger partial charge is 0.270 e. The molecule has 7 heteroatoms. The van der Waals surface area contributed by atoms with E-state index >= 15 is 0 Å². The highest BCUT2D eigenvalue weighted by molar-refractivity contribution is 9.10. The summed E-state index contributed by atoms with van der Waals surface area (Å²) in [5.74, 6) is 0.0827. The number of aromatic amines is 1. The number of nitrogens with zero attached hydrogens (tertiary/aromatic N) is 2. The van der Waals surface area contributed by atoms with E-state index in [1.165, 1.54) is 0 Å². The van der Waals surface area contributed by atoms with Crippen LogP contribution in [0.4, 0.5) is 0 Å². The Morgan fingerprint density at radius 2 is 2.05 bits per heavy atom. The lowest BCUT2D eigenvalue weighted by Crippen LogP contribution is -2.51. The molecule has 0 bridgehead atoms. The van der Waals surface area contributed by atoms with Crippen LogP contribution in [0.1, 0.15) is 30.3 Å². The number of carbonyl (C=O) groups is 2. The van der Waals surface area contributed by atoms with Crippen LogP contribution in [0.15, 0.2) is 16.7 Å². The molecule has 0 spiro atoms. The fourth-order valence-corrected chi connectivity index (χ4v) is 2.78. The van der Waals surface area contributed by atoms with Crippen LogP contribution in [-0.4, -0.2) is 65.9 Å². The summed E-state index contributed by atoms with van der Waals surface area (Å²) < 4.78 is 0.873. The molecule has 2 heterocycles. The van der Waals surface area contributed by atoms with Crippen molar-refractivity contribution in [1.82, 2.24) is 20.1 Å². The van der Waals surface area contributed by atoms with Gasteiger partial charge in [-0.15, -0.1) is 0 Å². The molecule has 22 heavy (non-hydrogen) atoms. The molecule has 2 rings (SSSR count). The largest absolute Gasteiger partial charge is 0.356 e. The molecule has 1 saturated heterocycles. The SMILES string of the molecule is CCCCNC(=O)CN1CCN(C(=O)c2cc(Br)c[nH]2)CC1. The Morgan fingerprint density at radius 3 is 2.64 bits per heavy atom. The van der Waals surface area contributed by atoms with Crippen molar-refractivity contribution < 1.29 is 9.59 Å². The molecule has 6 nitrogen and oxygen atoms in total. The number of hydrogen-bond acceptors (Lipinski definition) is 3. The van der Waals surface area contributed by atoms with Gasteiger partial charge >= 0.3 is 0 Å². The maximum atomic E-state index is 12.3. The molecule has 2 amide bonds. The van der Waals surface area contributed by atoms with Crippen LogP contribution >= 0.6 is 15.9 Å². The molecule has 0 aliphatic carbocycles. The first-order valence-corrected chi connectivity index (χ1v) is 8.51. The van der Waals surface area contributed by atoms with E-state index < -0.39 is 0 Å². The van der Waals surface area contributed by atoms with Crippen LogP contribution in [0.5, 0.6) is 0 Å². The number of amides is 2. The highest BCUT2D eigenvalue weighted by atomic mass is 79.9. The van der Waals surface area contributed by atoms with Crippen molar-refractivity contribution in [2.75, 3.05) is 39.3 Å². The lowest BCUT2D eigenvalue weighted by atomic mass is 10.2. The molecule has 1 aliphatic heterocycles. The van der Waals surface area contributed by atoms with Crippen molar-refractivity contribution in [2.24, 2.45) is 0 Å². The van der Waals surface area contributed by atoms with Crippen LogP contribution in [0, 0.1) is 0 Å². The maximum absolute atomic E-state index is 12.3. The third-order valence-corrected chi connectivity index (χ3v) is 4.22. The molecule has 0 aromatic carbocycles. The highest BCUT2D eigenvalue weighted by Crippen LogP contribution is 2.13. The molecule has 1 aromatic rings. The Bertz CT molecular complexity index is 509. The summed E-state index contributed by atoms with van der Waals surface area (Å²) in [5.41, 5.74) is 0.595. The van der Waals surface area contributed by atoms with Crippen LogP contribution in [0.25, 0.3) is 0 Å². The van der Waals surface area contributed by atoms with Gasteiger partial charge in [0, 0.05) is 43.4 Å². The number of piperazine rings is 1. The molecular weight excluding hydrogens is 348 g/mol. The van der Waals surface area contributed by atoms with E-state index in [1.807, 2.05) is 4.90 Å². The summed E-state index contributed by atoms with van der Waals surface area (Å²) in [6.45, 7) is 6.03. The Labute approximate surface area is 139 Å². The van der Waals surface area contributed by atoms with Crippen molar-refractivity contribution in [1.29, 1.82) is 0 Å². The number of halogens is 1. The van der Waals surface area contributed by atoms with Crippen molar-refractivity contribution in [3.8, 4) is 0 Å². The lowest BCUT2D eigenvalue weighted by Gasteiger charge is -2.34. The van der Waals surface area contributed by atoms with Gasteiger partial charge in [-0.1, -0.05) is 13.3 Å². The van der Waals surface area contributed by atoms with Gasteiger partial charge in [-0.25, -0.2) is 0 Å². The van der Waals surface area contributed by atoms with Gasteiger partial charge in [0.15, 0.2) is 0 Å². The van der Waals surface area contributed by atoms with Crippen LogP contribution in [0.3, 0.4) is 0 Å². The first-order valence-electron chi connectivity index (χ1n) is 7.72. The van der Waals surface area contributed by atoms with Gasteiger partial charge in [0.1, 0.15) is 5.69 Å². The molecule has 0 saturated carbocycles. The third kappa shape index (κ3) is 4.84. The van der Waals surface area contributed by atoms with Gasteiger partial charge in [0.2, 0.25) is 5.91 Å². The molecule has 0 atom stereocenters. The second kappa shape index (κ2) is 8.33. The second-order valence-electron chi connectivity index (χ2n) is 5.50. The average Bonchev–Trinajstić information content (AvgIpc) is 2.94. The molecule has 1 fully saturated rings. The molecular formula is C15H23BrN4O2. The predicted molar refractivity (Wildman–Crippen MR) is 88.8 cm³/mol. The summed E-state index contributed by atoms with van der Waals surface area (Å²) in [6.07, 6.45) is 3.85. The normalized spacial score (nSPS) is 15.8. The quantitative estimate of drug-likeness (QED) is 0.744. The first kappa shape index (κ1) is 17.0. The molecule has 1 aromatic heterocycles. The van der Waals surface area contributed by atoms with Gasteiger partial charge in [-0.3, -0.25) is 14.5 Å². The molecule has 1 aliphatic rings. The number of H-pyrrole nitrogens is 1. The summed E-state index contributed by atoms with van der Waals surface area (Å²) >= 11 is 3.33. The molecule has 122 valence electrons. The lowest BCUT2D eigenvalue weighted by molar-refractivity contribution is -0.122. The minimum absolute atomic E-state index is 0.0118. The Hall–Kier alpha value is -1.34. The van der Waals surface area contributed by atoms with Crippen molar-refractivity contribution in [3.05, 3.63) is 22.4 Å². The fourth-order valence-electron chi connectivity index (χ4n) is 2.43. The van der Waals surface area contributed by atoms with Crippen LogP contribution in [-0.2, 0) is 4.79 Å². The van der Waals surface area contributed by atoms with E-state index in [1.54, 1.807) is 12.3 Å². The number of carbonyl (C=O) groups excluding carboxylic acids is 2. The van der Waals surface area contributed by atoms with Crippen LogP contribution in [0.2, 0.25) is 0 Å². The van der Waals surface area contributed by atoms with Gasteiger partial charge in [0.25, 0.3) is 5.91 Å². The zero-order chi connectivity index (χ0) is 15.9. The Balaban J connectivity index is 1.73. The van der Waals surface area contributed by atoms with E-state index in [0.717, 1.165) is 36.9 Å². The Morgan fingerprint density at radius 1 is 1.32 bits per heavy atom. The third-order valence-electron chi connectivity index (χ3n) is 3.76. The zero-order valence-corrected chi connectivity index (χ0v) is 14.5. The van der Waals surface area contributed by atoms with Gasteiger partial charge in [-0.2, -0.15) is 0 Å². The number of aromatic nitrogens is 1. The number of unbranched alkanes of at least 4 members (excludes halogenated alkanes) is 1. The number of nitrogens with one attached hydrogen (secondary N) is 2. The van der Waals surface area contributed by atoms with Gasteiger partial charge < -0.3 is 15.2 Å². The average molecular weight is 371 g/mol. The topological polar surface area (TPSA) is 68.4 Å². The van der Waals surface area contributed by atoms with E-state index in [4.69, 9.17) is 0 Å². The van der Waals surface area contributed by atoms with Crippen molar-refractivity contribution in [3.63, 3.8) is 0 Å². The summed E-state index contributed by atoms with van der Waals surface area (Å²) in [4.78, 5) is 30.9. The van der Waals surface area contributed by atoms with Crippen molar-refractivity contribution in [2.45, 2.75) is 19.8 Å². The molecule has 0 unspecified atom stereocenters. The van der Waals surface area contributed by atoms with Crippen LogP contribution < -0.4 is 5.32 Å². The predicted octanol–water partition coefficient (Wildman–Crippen LogP) is 1.45. The standard InChI is InChI=1S/C15H23BrN4O2/c1-2-3-4-17-14(21)11-19-5-7-20(8-6-19)15(22)13-9-12(16)10-18-13/h9-10,18H,2-8,11H2,1H3,(H,17,21). The highest BCUT2D eigenvalue weighted by Gasteiger charge is 2.23. The Kier molecular flexibility index (Phi) is 6.45. The summed E-state index contributed by atoms with van der Waals surface area (Å²) in [5, 5.41) is 2.92. The minimum atomic E-state index is 0.0118. The van der Waals surface area contributed by atoms with Crippen molar-refractivity contribution >= 4 is 27.7 Å². The summed E-state index contributed by atoms with van der Waals surface area (Å²) in [6, 6.07) is 1.79. The molecule has 2 N–H and O–H groups in total. The van der Waals surface area contributed by atoms with E-state index in [9.17, 15) is 9.59 Å². The van der Waals surface area contributed by atoms with Gasteiger partial charge in [-0.05, 0) is 28.4 Å². The van der Waals surface area contributed by atoms with E-state index in [2.05, 4.69) is 38.1 Å². The minimum Gasteiger partial charge on any atom is -0.356 e. The monoisotopic (exact) mass is 370 g/mol.